The number of aryl methyl sites for hydroxylation is 1. The molecule has 0 radical (unpaired) electrons. The maximum atomic E-state index is 12.9. The van der Waals surface area contributed by atoms with Crippen LogP contribution in [-0.4, -0.2) is 36.6 Å². The van der Waals surface area contributed by atoms with Crippen LogP contribution in [-0.2, 0) is 30.2 Å². The van der Waals surface area contributed by atoms with E-state index in [1.54, 1.807) is 26.0 Å². The average molecular weight is 455 g/mol. The van der Waals surface area contributed by atoms with Crippen LogP contribution in [0.2, 0.25) is 0 Å². The van der Waals surface area contributed by atoms with E-state index in [0.29, 0.717) is 5.56 Å². The molecule has 0 amide bonds. The smallest absolute Gasteiger partial charge is 0.262 e. The summed E-state index contributed by atoms with van der Waals surface area (Å²) in [7, 11) is -6.07. The molecule has 0 aliphatic heterocycles. The minimum absolute atomic E-state index is 0.0410. The summed E-state index contributed by atoms with van der Waals surface area (Å²) in [5.41, 5.74) is 1.62. The van der Waals surface area contributed by atoms with Crippen molar-refractivity contribution in [3.05, 3.63) is 53.6 Å². The summed E-state index contributed by atoms with van der Waals surface area (Å²) in [4.78, 5) is 0.237. The van der Waals surface area contributed by atoms with Gasteiger partial charge in [0, 0.05) is 18.8 Å². The van der Waals surface area contributed by atoms with Crippen molar-refractivity contribution in [2.24, 2.45) is 0 Å². The Labute approximate surface area is 180 Å². The summed E-state index contributed by atoms with van der Waals surface area (Å²) < 4.78 is 60.7. The normalized spacial score (nSPS) is 13.8. The largest absolute Gasteiger partial charge is 0.383 e. The molecule has 2 N–H and O–H groups in total. The van der Waals surface area contributed by atoms with Crippen LogP contribution in [0.25, 0.3) is 0 Å². The van der Waals surface area contributed by atoms with Crippen LogP contribution in [0, 0.1) is 6.92 Å². The van der Waals surface area contributed by atoms with Gasteiger partial charge in [-0.1, -0.05) is 32.9 Å². The summed E-state index contributed by atoms with van der Waals surface area (Å²) in [6.45, 7) is 9.72. The van der Waals surface area contributed by atoms with Crippen molar-refractivity contribution < 1.29 is 21.6 Å². The Kier molecular flexibility index (Phi) is 7.34. The molecule has 0 aromatic heterocycles. The predicted octanol–water partition coefficient (Wildman–Crippen LogP) is 3.41. The van der Waals surface area contributed by atoms with E-state index in [1.807, 2.05) is 26.8 Å². The Morgan fingerprint density at radius 2 is 1.57 bits per heavy atom. The number of rotatable bonds is 8. The molecule has 0 saturated carbocycles. The van der Waals surface area contributed by atoms with Gasteiger partial charge in [0.25, 0.3) is 10.0 Å². The minimum Gasteiger partial charge on any atom is -0.383 e. The third-order valence-corrected chi connectivity index (χ3v) is 7.66. The third-order valence-electron chi connectivity index (χ3n) is 4.53. The minimum atomic E-state index is -3.83. The lowest BCUT2D eigenvalue weighted by atomic mass is 9.87. The zero-order valence-electron chi connectivity index (χ0n) is 18.2. The molecule has 2 rings (SSSR count). The molecule has 2 aromatic rings. The maximum Gasteiger partial charge on any atom is 0.262 e. The van der Waals surface area contributed by atoms with E-state index < -0.39 is 26.1 Å². The molecule has 166 valence electrons. The lowest BCUT2D eigenvalue weighted by Gasteiger charge is -2.21. The number of hydrogen-bond acceptors (Lipinski definition) is 5. The lowest BCUT2D eigenvalue weighted by Crippen LogP contribution is -2.35. The quantitative estimate of drug-likeness (QED) is 0.636. The highest BCUT2D eigenvalue weighted by molar-refractivity contribution is 7.92. The summed E-state index contributed by atoms with van der Waals surface area (Å²) in [6, 6.07) is 10.6. The fourth-order valence-electron chi connectivity index (χ4n) is 2.89. The number of nitrogens with one attached hydrogen (secondary N) is 2. The first-order chi connectivity index (χ1) is 13.8. The van der Waals surface area contributed by atoms with Crippen LogP contribution in [0.5, 0.6) is 0 Å². The van der Waals surface area contributed by atoms with Crippen molar-refractivity contribution in [3.63, 3.8) is 0 Å². The molecule has 0 fully saturated rings. The number of hydrogen-bond donors (Lipinski definition) is 2. The molecule has 0 heterocycles. The van der Waals surface area contributed by atoms with Crippen molar-refractivity contribution in [2.45, 2.75) is 55.9 Å². The van der Waals surface area contributed by atoms with E-state index >= 15 is 0 Å². The summed E-state index contributed by atoms with van der Waals surface area (Å²) in [5.74, 6) is 0. The second kappa shape index (κ2) is 9.05. The van der Waals surface area contributed by atoms with Crippen molar-refractivity contribution >= 4 is 25.7 Å². The molecule has 1 atom stereocenters. The topological polar surface area (TPSA) is 102 Å². The highest BCUT2D eigenvalue weighted by Gasteiger charge is 2.22. The maximum absolute atomic E-state index is 12.9. The van der Waals surface area contributed by atoms with Gasteiger partial charge in [0.1, 0.15) is 0 Å². The van der Waals surface area contributed by atoms with Gasteiger partial charge in [-0.3, -0.25) is 4.72 Å². The van der Waals surface area contributed by atoms with E-state index in [0.717, 1.165) is 5.56 Å². The van der Waals surface area contributed by atoms with Gasteiger partial charge < -0.3 is 4.74 Å². The third kappa shape index (κ3) is 6.04. The molecule has 0 spiro atoms. The molecular formula is C21H30N2O5S2. The first-order valence-corrected chi connectivity index (χ1v) is 12.5. The van der Waals surface area contributed by atoms with Gasteiger partial charge in [0.15, 0.2) is 0 Å². The number of methoxy groups -OCH3 is 1. The van der Waals surface area contributed by atoms with Gasteiger partial charge in [-0.15, -0.1) is 0 Å². The van der Waals surface area contributed by atoms with E-state index in [4.69, 9.17) is 4.74 Å². The first-order valence-electron chi connectivity index (χ1n) is 9.51. The highest BCUT2D eigenvalue weighted by atomic mass is 32.2. The lowest BCUT2D eigenvalue weighted by molar-refractivity contribution is 0.180. The summed E-state index contributed by atoms with van der Waals surface area (Å²) >= 11 is 0. The van der Waals surface area contributed by atoms with E-state index in [9.17, 15) is 16.8 Å². The molecule has 7 nitrogen and oxygen atoms in total. The van der Waals surface area contributed by atoms with E-state index in [-0.39, 0.29) is 27.5 Å². The van der Waals surface area contributed by atoms with Crippen molar-refractivity contribution in [1.82, 2.24) is 4.72 Å². The zero-order valence-corrected chi connectivity index (χ0v) is 19.8. The SMILES string of the molecule is COCC(C)NS(=O)(=O)c1ccc(NS(=O)(=O)c2cc(C(C)(C)C)ccc2C)cc1. The molecule has 2 aromatic carbocycles. The van der Waals surface area contributed by atoms with Gasteiger partial charge in [0.05, 0.1) is 16.4 Å². The molecule has 0 saturated heterocycles. The highest BCUT2D eigenvalue weighted by Crippen LogP contribution is 2.28. The number of benzene rings is 2. The Morgan fingerprint density at radius 1 is 0.967 bits per heavy atom. The predicted molar refractivity (Wildman–Crippen MR) is 119 cm³/mol. The first kappa shape index (κ1) is 24.3. The number of sulfonamides is 2. The van der Waals surface area contributed by atoms with Crippen molar-refractivity contribution in [3.8, 4) is 0 Å². The van der Waals surface area contributed by atoms with Crippen LogP contribution in [0.15, 0.2) is 52.3 Å². The van der Waals surface area contributed by atoms with Gasteiger partial charge in [0.2, 0.25) is 10.0 Å². The van der Waals surface area contributed by atoms with Gasteiger partial charge >= 0.3 is 0 Å². The Hall–Kier alpha value is -1.94. The molecule has 1 unspecified atom stereocenters. The van der Waals surface area contributed by atoms with E-state index in [2.05, 4.69) is 9.44 Å². The van der Waals surface area contributed by atoms with E-state index in [1.165, 1.54) is 31.4 Å². The van der Waals surface area contributed by atoms with Crippen LogP contribution >= 0.6 is 0 Å². The Balaban J connectivity index is 2.27. The molecule has 30 heavy (non-hydrogen) atoms. The second-order valence-electron chi connectivity index (χ2n) is 8.34. The molecular weight excluding hydrogens is 424 g/mol. The van der Waals surface area contributed by atoms with Gasteiger partial charge in [-0.2, -0.15) is 0 Å². The van der Waals surface area contributed by atoms with Crippen molar-refractivity contribution in [1.29, 1.82) is 0 Å². The second-order valence-corrected chi connectivity index (χ2v) is 11.7. The molecule has 9 heteroatoms. The van der Waals surface area contributed by atoms with Crippen LogP contribution in [0.3, 0.4) is 0 Å². The number of anilines is 1. The number of ether oxygens (including phenoxy) is 1. The Bertz CT molecular complexity index is 1090. The zero-order chi connectivity index (χ0) is 22.7. The summed E-state index contributed by atoms with van der Waals surface area (Å²) in [6.07, 6.45) is 0. The molecule has 0 aliphatic carbocycles. The molecule has 0 bridgehead atoms. The van der Waals surface area contributed by atoms with Crippen LogP contribution in [0.4, 0.5) is 5.69 Å². The standard InChI is InChI=1S/C21H30N2O5S2/c1-15-7-8-17(21(3,4)5)13-20(15)30(26,27)23-18-9-11-19(12-10-18)29(24,25)22-16(2)14-28-6/h7-13,16,22-23H,14H2,1-6H3. The average Bonchev–Trinajstić information content (AvgIpc) is 2.60. The Morgan fingerprint density at radius 3 is 2.10 bits per heavy atom. The van der Waals surface area contributed by atoms with Crippen molar-refractivity contribution in [2.75, 3.05) is 18.4 Å². The summed E-state index contributed by atoms with van der Waals surface area (Å²) in [5, 5.41) is 0. The fraction of sp³-hybridized carbons (Fsp3) is 0.429. The fourth-order valence-corrected chi connectivity index (χ4v) is 5.44. The van der Waals surface area contributed by atoms with Gasteiger partial charge in [-0.05, 0) is 60.7 Å². The van der Waals surface area contributed by atoms with Crippen LogP contribution < -0.4 is 9.44 Å². The van der Waals surface area contributed by atoms with Gasteiger partial charge in [-0.25, -0.2) is 21.6 Å². The van der Waals surface area contributed by atoms with Crippen LogP contribution in [0.1, 0.15) is 38.8 Å². The monoisotopic (exact) mass is 454 g/mol. The molecule has 0 aliphatic rings.